The Kier molecular flexibility index (Phi) is 6.83. The van der Waals surface area contributed by atoms with E-state index in [4.69, 9.17) is 16.3 Å². The molecule has 2 amide bonds. The molecule has 0 bridgehead atoms. The van der Waals surface area contributed by atoms with Crippen molar-refractivity contribution in [3.8, 4) is 5.75 Å². The van der Waals surface area contributed by atoms with Crippen molar-refractivity contribution in [1.82, 2.24) is 0 Å². The van der Waals surface area contributed by atoms with Crippen LogP contribution < -0.4 is 9.64 Å². The van der Waals surface area contributed by atoms with Crippen LogP contribution in [0.1, 0.15) is 11.1 Å². The lowest BCUT2D eigenvalue weighted by Crippen LogP contribution is -2.27. The molecule has 1 heterocycles. The summed E-state index contributed by atoms with van der Waals surface area (Å²) < 4.78 is 6.35. The number of carbonyl (C=O) groups excluding carboxylic acids is 2. The van der Waals surface area contributed by atoms with E-state index in [-0.39, 0.29) is 22.4 Å². The van der Waals surface area contributed by atoms with Crippen molar-refractivity contribution in [2.45, 2.75) is 6.61 Å². The lowest BCUT2D eigenvalue weighted by molar-refractivity contribution is -0.384. The molecule has 1 aliphatic heterocycles. The normalized spacial score (nSPS) is 14.7. The molecule has 3 aromatic carbocycles. The third-order valence-electron chi connectivity index (χ3n) is 4.66. The highest BCUT2D eigenvalue weighted by Crippen LogP contribution is 2.39. The van der Waals surface area contributed by atoms with Gasteiger partial charge in [-0.2, -0.15) is 0 Å². The van der Waals surface area contributed by atoms with Gasteiger partial charge in [0.1, 0.15) is 6.61 Å². The molecular weight excluding hydrogens is 532 g/mol. The fourth-order valence-electron chi connectivity index (χ4n) is 3.09. The van der Waals surface area contributed by atoms with Crippen LogP contribution in [0.15, 0.2) is 76.1 Å². The molecule has 7 nitrogen and oxygen atoms in total. The number of non-ortho nitro benzene ring substituents is 1. The summed E-state index contributed by atoms with van der Waals surface area (Å²) in [5.74, 6) is -0.00787. The van der Waals surface area contributed by atoms with E-state index >= 15 is 0 Å². The molecule has 0 N–H and O–H groups in total. The van der Waals surface area contributed by atoms with E-state index < -0.39 is 10.8 Å². The zero-order valence-electron chi connectivity index (χ0n) is 16.7. The Hall–Kier alpha value is -3.14. The predicted octanol–water partition coefficient (Wildman–Crippen LogP) is 6.83. The molecule has 0 saturated carbocycles. The van der Waals surface area contributed by atoms with Gasteiger partial charge in [-0.05, 0) is 81.3 Å². The third-order valence-corrected chi connectivity index (χ3v) is 6.40. The van der Waals surface area contributed by atoms with Gasteiger partial charge >= 0.3 is 0 Å². The highest BCUT2D eigenvalue weighted by molar-refractivity contribution is 9.10. The summed E-state index contributed by atoms with van der Waals surface area (Å²) in [4.78, 5) is 36.9. The number of rotatable bonds is 6. The van der Waals surface area contributed by atoms with Gasteiger partial charge in [-0.3, -0.25) is 19.7 Å². The molecule has 0 radical (unpaired) electrons. The molecular formula is C23H14BrClN2O5S. The van der Waals surface area contributed by atoms with Crippen molar-refractivity contribution >= 4 is 67.9 Å². The van der Waals surface area contributed by atoms with Crippen LogP contribution in [0.4, 0.5) is 16.2 Å². The number of thioether (sulfide) groups is 1. The number of hydrogen-bond donors (Lipinski definition) is 0. The molecule has 0 aromatic heterocycles. The fraction of sp³-hybridized carbons (Fsp3) is 0.0435. The maximum absolute atomic E-state index is 12.8. The number of nitro groups is 1. The first-order valence-corrected chi connectivity index (χ1v) is 11.5. The Bertz CT molecular complexity index is 1260. The summed E-state index contributed by atoms with van der Waals surface area (Å²) in [6.07, 6.45) is 1.60. The average molecular weight is 546 g/mol. The minimum Gasteiger partial charge on any atom is -0.486 e. The topological polar surface area (TPSA) is 89.7 Å². The Morgan fingerprint density at radius 2 is 1.79 bits per heavy atom. The van der Waals surface area contributed by atoms with Crippen LogP contribution in [0.2, 0.25) is 5.02 Å². The van der Waals surface area contributed by atoms with E-state index in [9.17, 15) is 19.7 Å². The molecule has 4 rings (SSSR count). The zero-order chi connectivity index (χ0) is 23.5. The first-order chi connectivity index (χ1) is 15.8. The number of para-hydroxylation sites is 1. The monoisotopic (exact) mass is 544 g/mol. The molecule has 0 atom stereocenters. The van der Waals surface area contributed by atoms with Gasteiger partial charge in [-0.15, -0.1) is 0 Å². The van der Waals surface area contributed by atoms with Gasteiger partial charge < -0.3 is 4.74 Å². The number of halogens is 2. The summed E-state index contributed by atoms with van der Waals surface area (Å²) in [5, 5.41) is 10.7. The van der Waals surface area contributed by atoms with Gasteiger partial charge in [0.15, 0.2) is 5.75 Å². The molecule has 0 aliphatic carbocycles. The number of nitro benzene ring substituents is 1. The van der Waals surface area contributed by atoms with Crippen LogP contribution in [-0.4, -0.2) is 16.1 Å². The second-order valence-corrected chi connectivity index (χ2v) is 9.13. The SMILES string of the molecule is O=C1S/C(=C\c2cc(Cl)c(OCc3ccc([N+](=O)[O-])cc3)c(Br)c2)C(=O)N1c1ccccc1. The van der Waals surface area contributed by atoms with Crippen molar-refractivity contribution in [3.63, 3.8) is 0 Å². The van der Waals surface area contributed by atoms with Crippen LogP contribution in [0.5, 0.6) is 5.75 Å². The molecule has 0 spiro atoms. The second-order valence-electron chi connectivity index (χ2n) is 6.88. The van der Waals surface area contributed by atoms with E-state index in [1.807, 2.05) is 6.07 Å². The number of hydrogen-bond acceptors (Lipinski definition) is 6. The first kappa shape index (κ1) is 23.0. The highest BCUT2D eigenvalue weighted by Gasteiger charge is 2.36. The maximum Gasteiger partial charge on any atom is 0.298 e. The van der Waals surface area contributed by atoms with Gasteiger partial charge in [0.2, 0.25) is 0 Å². The number of nitrogens with zero attached hydrogens (tertiary/aromatic N) is 2. The van der Waals surface area contributed by atoms with Crippen LogP contribution in [0.3, 0.4) is 0 Å². The van der Waals surface area contributed by atoms with Crippen molar-refractivity contribution in [3.05, 3.63) is 102 Å². The molecule has 1 fully saturated rings. The Morgan fingerprint density at radius 3 is 2.42 bits per heavy atom. The first-order valence-electron chi connectivity index (χ1n) is 9.51. The van der Waals surface area contributed by atoms with Crippen molar-refractivity contribution in [2.24, 2.45) is 0 Å². The Morgan fingerprint density at radius 1 is 1.09 bits per heavy atom. The van der Waals surface area contributed by atoms with E-state index in [0.717, 1.165) is 22.2 Å². The summed E-state index contributed by atoms with van der Waals surface area (Å²) in [6.45, 7) is 0.158. The summed E-state index contributed by atoms with van der Waals surface area (Å²) in [5.41, 5.74) is 1.87. The predicted molar refractivity (Wildman–Crippen MR) is 131 cm³/mol. The minimum atomic E-state index is -0.467. The third kappa shape index (κ3) is 5.11. The van der Waals surface area contributed by atoms with Crippen LogP contribution in [0, 0.1) is 10.1 Å². The standard InChI is InChI=1S/C23H14BrClN2O5S/c24-18-10-15(12-20-22(28)26(23(29)33-20)16-4-2-1-3-5-16)11-19(25)21(18)32-13-14-6-8-17(9-7-14)27(30)31/h1-12H,13H2/b20-12-. The summed E-state index contributed by atoms with van der Waals surface area (Å²) in [7, 11) is 0. The Labute approximate surface area is 206 Å². The number of anilines is 1. The number of imide groups is 1. The lowest BCUT2D eigenvalue weighted by atomic mass is 10.2. The van der Waals surface area contributed by atoms with E-state index in [2.05, 4.69) is 15.9 Å². The van der Waals surface area contributed by atoms with Crippen LogP contribution in [-0.2, 0) is 11.4 Å². The number of amides is 2. The summed E-state index contributed by atoms with van der Waals surface area (Å²) >= 11 is 10.7. The molecule has 3 aromatic rings. The number of benzene rings is 3. The molecule has 1 saturated heterocycles. The fourth-order valence-corrected chi connectivity index (χ4v) is 4.92. The van der Waals surface area contributed by atoms with Gasteiger partial charge in [0.05, 0.1) is 25.0 Å². The van der Waals surface area contributed by atoms with Crippen LogP contribution in [0.25, 0.3) is 6.08 Å². The second kappa shape index (κ2) is 9.78. The maximum atomic E-state index is 12.8. The number of ether oxygens (including phenoxy) is 1. The largest absolute Gasteiger partial charge is 0.486 e. The van der Waals surface area contributed by atoms with Gasteiger partial charge in [-0.1, -0.05) is 29.8 Å². The van der Waals surface area contributed by atoms with Crippen LogP contribution >= 0.6 is 39.3 Å². The van der Waals surface area contributed by atoms with Crippen molar-refractivity contribution < 1.29 is 19.2 Å². The molecule has 1 aliphatic rings. The van der Waals surface area contributed by atoms with Gasteiger partial charge in [0.25, 0.3) is 16.8 Å². The molecule has 33 heavy (non-hydrogen) atoms. The quantitative estimate of drug-likeness (QED) is 0.192. The van der Waals surface area contributed by atoms with E-state index in [1.54, 1.807) is 54.6 Å². The Balaban J connectivity index is 1.51. The van der Waals surface area contributed by atoms with Gasteiger partial charge in [0, 0.05) is 12.1 Å². The summed E-state index contributed by atoms with van der Waals surface area (Å²) in [6, 6.07) is 18.1. The highest BCUT2D eigenvalue weighted by atomic mass is 79.9. The minimum absolute atomic E-state index is 0.000931. The average Bonchev–Trinajstić information content (AvgIpc) is 3.06. The molecule has 10 heteroatoms. The number of carbonyl (C=O) groups is 2. The molecule has 0 unspecified atom stereocenters. The van der Waals surface area contributed by atoms with Crippen molar-refractivity contribution in [2.75, 3.05) is 4.90 Å². The van der Waals surface area contributed by atoms with E-state index in [0.29, 0.717) is 26.5 Å². The van der Waals surface area contributed by atoms with E-state index in [1.165, 1.54) is 12.1 Å². The van der Waals surface area contributed by atoms with Gasteiger partial charge in [-0.25, -0.2) is 4.90 Å². The van der Waals surface area contributed by atoms with Crippen molar-refractivity contribution in [1.29, 1.82) is 0 Å². The smallest absolute Gasteiger partial charge is 0.298 e. The zero-order valence-corrected chi connectivity index (χ0v) is 19.9. The lowest BCUT2D eigenvalue weighted by Gasteiger charge is -2.12. The molecule has 166 valence electrons.